The highest BCUT2D eigenvalue weighted by molar-refractivity contribution is 6.63. The summed E-state index contributed by atoms with van der Waals surface area (Å²) in [5.41, 5.74) is 0. The Morgan fingerprint density at radius 1 is 0.721 bits per heavy atom. The monoisotopic (exact) mass is 636 g/mol. The van der Waals surface area contributed by atoms with Gasteiger partial charge in [-0.2, -0.15) is 0 Å². The Labute approximate surface area is 268 Å². The van der Waals surface area contributed by atoms with E-state index in [2.05, 4.69) is 47.6 Å². The highest BCUT2D eigenvalue weighted by atomic mass is 35.5. The van der Waals surface area contributed by atoms with Gasteiger partial charge in [-0.1, -0.05) is 73.6 Å². The largest absolute Gasteiger partial charge is 0.458 e. The first-order chi connectivity index (χ1) is 20.3. The minimum atomic E-state index is -0.324. The van der Waals surface area contributed by atoms with E-state index in [1.54, 1.807) is 14.2 Å². The van der Waals surface area contributed by atoms with Crippen molar-refractivity contribution >= 4 is 22.8 Å². The second kappa shape index (κ2) is 33.6. The van der Waals surface area contributed by atoms with Crippen molar-refractivity contribution in [1.82, 2.24) is 0 Å². The van der Waals surface area contributed by atoms with Crippen LogP contribution in [-0.4, -0.2) is 69.5 Å². The third-order valence-electron chi connectivity index (χ3n) is 5.83. The molecule has 0 amide bonds. The molecule has 9 heteroatoms. The number of halogens is 1. The average Bonchev–Trinajstić information content (AvgIpc) is 2.93. The van der Waals surface area contributed by atoms with E-state index < -0.39 is 0 Å². The molecule has 2 atom stereocenters. The predicted octanol–water partition coefficient (Wildman–Crippen LogP) is 8.10. The van der Waals surface area contributed by atoms with Crippen LogP contribution in [0.1, 0.15) is 107 Å². The summed E-state index contributed by atoms with van der Waals surface area (Å²) in [6.45, 7) is 18.6. The minimum Gasteiger partial charge on any atom is -0.458 e. The number of carbonyl (C=O) groups is 2. The maximum Gasteiger partial charge on any atom is 0.306 e. The smallest absolute Gasteiger partial charge is 0.306 e. The summed E-state index contributed by atoms with van der Waals surface area (Å²) >= 11 is 5.08. The van der Waals surface area contributed by atoms with Gasteiger partial charge in [-0.05, 0) is 79.9 Å². The lowest BCUT2D eigenvalue weighted by Gasteiger charge is -2.18. The molecular weight excluding hydrogens is 572 g/mol. The lowest BCUT2D eigenvalue weighted by molar-refractivity contribution is -0.148. The van der Waals surface area contributed by atoms with Gasteiger partial charge in [-0.3, -0.25) is 9.59 Å². The fourth-order valence-electron chi connectivity index (χ4n) is 3.00. The van der Waals surface area contributed by atoms with Crippen molar-refractivity contribution in [2.45, 2.75) is 119 Å². The lowest BCUT2D eigenvalue weighted by atomic mass is 10.1. The molecule has 0 rings (SSSR count). The molecule has 0 radical (unpaired) electrons. The molecule has 0 fully saturated rings. The number of rotatable bonds is 23. The van der Waals surface area contributed by atoms with Crippen molar-refractivity contribution < 1.29 is 38.4 Å². The van der Waals surface area contributed by atoms with Crippen molar-refractivity contribution in [3.63, 3.8) is 0 Å². The summed E-state index contributed by atoms with van der Waals surface area (Å²) in [5, 5.41) is 9.21. The highest BCUT2D eigenvalue weighted by Crippen LogP contribution is 2.13. The van der Waals surface area contributed by atoms with E-state index in [9.17, 15) is 14.7 Å². The normalized spacial score (nSPS) is 12.9. The van der Waals surface area contributed by atoms with Crippen LogP contribution in [0.2, 0.25) is 0 Å². The highest BCUT2D eigenvalue weighted by Gasteiger charge is 2.15. The summed E-state index contributed by atoms with van der Waals surface area (Å²) < 4.78 is 25.4. The molecule has 8 nitrogen and oxygen atoms in total. The van der Waals surface area contributed by atoms with Gasteiger partial charge >= 0.3 is 5.97 Å². The summed E-state index contributed by atoms with van der Waals surface area (Å²) in [6, 6.07) is 0. The van der Waals surface area contributed by atoms with E-state index >= 15 is 0 Å². The van der Waals surface area contributed by atoms with E-state index in [0.717, 1.165) is 38.5 Å². The average molecular weight is 637 g/mol. The predicted molar refractivity (Wildman–Crippen MR) is 177 cm³/mol. The number of hydrogen-bond acceptors (Lipinski definition) is 8. The lowest BCUT2D eigenvalue weighted by Crippen LogP contribution is -2.21. The van der Waals surface area contributed by atoms with Gasteiger partial charge in [0.15, 0.2) is 0 Å². The van der Waals surface area contributed by atoms with Gasteiger partial charge in [0.2, 0.25) is 5.24 Å². The quantitative estimate of drug-likeness (QED) is 0.0395. The molecule has 0 spiro atoms. The number of unbranched alkanes of at least 4 members (excludes halogenated alkanes) is 2. The zero-order valence-corrected chi connectivity index (χ0v) is 29.7. The summed E-state index contributed by atoms with van der Waals surface area (Å²) in [4.78, 5) is 21.9. The summed E-state index contributed by atoms with van der Waals surface area (Å²) in [7, 11) is 3.22. The third kappa shape index (κ3) is 40.7. The van der Waals surface area contributed by atoms with Crippen LogP contribution in [0.25, 0.3) is 0 Å². The van der Waals surface area contributed by atoms with Crippen LogP contribution in [-0.2, 0) is 33.3 Å². The number of aliphatic hydroxyl groups is 1. The molecule has 0 aliphatic rings. The topological polar surface area (TPSA) is 101 Å². The fraction of sp³-hybridized carbons (Fsp3) is 0.824. The molecular formula is C34H65ClO8. The van der Waals surface area contributed by atoms with E-state index in [1.165, 1.54) is 0 Å². The Kier molecular flexibility index (Phi) is 36.0. The zero-order chi connectivity index (χ0) is 33.5. The molecule has 1 N–H and O–H groups in total. The second-order valence-corrected chi connectivity index (χ2v) is 12.3. The van der Waals surface area contributed by atoms with Crippen molar-refractivity contribution in [3.05, 3.63) is 24.3 Å². The first kappa shape index (κ1) is 46.1. The Bertz CT molecular complexity index is 677. The molecule has 0 saturated heterocycles. The molecule has 43 heavy (non-hydrogen) atoms. The van der Waals surface area contributed by atoms with Gasteiger partial charge in [-0.25, -0.2) is 0 Å². The third-order valence-corrected chi connectivity index (χ3v) is 6.02. The molecule has 0 heterocycles. The standard InChI is InChI=1S/C17H32O4.C11H22O3.C6H11ClO/c1-14(2)10-11-17(18)21-16(15(3)4)9-7-6-8-12-20-13-19-5;1-10(2)11(12)7-5-4-6-8-14-9-13-3;1-5(2)3-4-6(7)8/h7,9,14-16H,6,8,10-13H2,1-5H3;5,7,10-12H,4,6,8-9H2,1-3H3;5H,3-4H2,1-2H3/b9-7+;7-5+;/t16-;11-;/m11./s1. The van der Waals surface area contributed by atoms with Crippen LogP contribution in [0.4, 0.5) is 0 Å². The fourth-order valence-corrected chi connectivity index (χ4v) is 3.11. The van der Waals surface area contributed by atoms with Gasteiger partial charge in [-0.15, -0.1) is 0 Å². The molecule has 0 aromatic carbocycles. The Morgan fingerprint density at radius 3 is 1.56 bits per heavy atom. The number of esters is 1. The van der Waals surface area contributed by atoms with Crippen molar-refractivity contribution in [1.29, 1.82) is 0 Å². The molecule has 0 aliphatic carbocycles. The molecule has 0 unspecified atom stereocenters. The Balaban J connectivity index is -0.000000623. The molecule has 0 aliphatic heterocycles. The first-order valence-corrected chi connectivity index (χ1v) is 16.2. The summed E-state index contributed by atoms with van der Waals surface area (Å²) in [5.74, 6) is 1.58. The van der Waals surface area contributed by atoms with E-state index in [0.29, 0.717) is 51.5 Å². The number of hydrogen-bond donors (Lipinski definition) is 1. The van der Waals surface area contributed by atoms with Crippen LogP contribution in [0.5, 0.6) is 0 Å². The maximum absolute atomic E-state index is 11.8. The van der Waals surface area contributed by atoms with Crippen molar-refractivity contribution in [2.75, 3.05) is 41.0 Å². The zero-order valence-electron chi connectivity index (χ0n) is 28.9. The van der Waals surface area contributed by atoms with Gasteiger partial charge < -0.3 is 28.8 Å². The van der Waals surface area contributed by atoms with Gasteiger partial charge in [0.25, 0.3) is 0 Å². The Hall–Kier alpha value is -1.29. The molecule has 0 aromatic rings. The second-order valence-electron chi connectivity index (χ2n) is 11.9. The maximum atomic E-state index is 11.8. The number of allylic oxidation sites excluding steroid dienone is 2. The number of aliphatic hydroxyl groups excluding tert-OH is 1. The number of methoxy groups -OCH3 is 2. The first-order valence-electron chi connectivity index (χ1n) is 15.8. The van der Waals surface area contributed by atoms with Gasteiger partial charge in [0.1, 0.15) is 19.7 Å². The van der Waals surface area contributed by atoms with Crippen molar-refractivity contribution in [3.8, 4) is 0 Å². The van der Waals surface area contributed by atoms with E-state index in [1.807, 2.05) is 32.1 Å². The van der Waals surface area contributed by atoms with E-state index in [-0.39, 0.29) is 35.3 Å². The molecule has 0 aromatic heterocycles. The Morgan fingerprint density at radius 2 is 1.19 bits per heavy atom. The van der Waals surface area contributed by atoms with E-state index in [4.69, 9.17) is 35.3 Å². The molecule has 0 saturated carbocycles. The van der Waals surface area contributed by atoms with Crippen LogP contribution in [0.3, 0.4) is 0 Å². The van der Waals surface area contributed by atoms with Crippen LogP contribution >= 0.6 is 11.6 Å². The SMILES string of the molecule is CC(C)CCC(=O)Cl.COCOCCC/C=C/[C@@H](O)C(C)C.COCOCCC/C=C/[C@@H](OC(=O)CCC(C)C)C(C)C. The number of carbonyl (C=O) groups excluding carboxylic acids is 2. The van der Waals surface area contributed by atoms with Gasteiger partial charge in [0, 0.05) is 40.3 Å². The minimum absolute atomic E-state index is 0.101. The van der Waals surface area contributed by atoms with Gasteiger partial charge in [0.05, 0.1) is 6.10 Å². The molecule has 256 valence electrons. The van der Waals surface area contributed by atoms with Crippen molar-refractivity contribution in [2.24, 2.45) is 23.7 Å². The van der Waals surface area contributed by atoms with Crippen LogP contribution in [0, 0.1) is 23.7 Å². The number of ether oxygens (including phenoxy) is 5. The van der Waals surface area contributed by atoms with Crippen LogP contribution in [0.15, 0.2) is 24.3 Å². The summed E-state index contributed by atoms with van der Waals surface area (Å²) in [6.07, 6.45) is 14.0. The van der Waals surface area contributed by atoms with Crippen LogP contribution < -0.4 is 0 Å². The molecule has 0 bridgehead atoms.